The Bertz CT molecular complexity index is 605. The van der Waals surface area contributed by atoms with Crippen LogP contribution in [0.3, 0.4) is 0 Å². The number of carbonyl (C=O) groups is 1. The minimum Gasteiger partial charge on any atom is -0.381 e. The van der Waals surface area contributed by atoms with Crippen molar-refractivity contribution in [2.75, 3.05) is 18.4 Å². The molecule has 0 atom stereocenters. The Morgan fingerprint density at radius 1 is 1.33 bits per heavy atom. The van der Waals surface area contributed by atoms with Gasteiger partial charge in [-0.15, -0.1) is 0 Å². The molecular weight excluding hydrogens is 282 g/mol. The summed E-state index contributed by atoms with van der Waals surface area (Å²) in [6.45, 7) is 8.21. The van der Waals surface area contributed by atoms with Crippen LogP contribution in [0.15, 0.2) is 29.1 Å². The van der Waals surface area contributed by atoms with Gasteiger partial charge in [-0.25, -0.2) is 0 Å². The number of aromatic nitrogens is 1. The van der Waals surface area contributed by atoms with Gasteiger partial charge >= 0.3 is 0 Å². The Labute approximate surface area is 129 Å². The lowest BCUT2D eigenvalue weighted by atomic mass is 10.2. The highest BCUT2D eigenvalue weighted by Crippen LogP contribution is 2.16. The molecule has 0 aliphatic rings. The van der Waals surface area contributed by atoms with Crippen LogP contribution in [0, 0.1) is 6.92 Å². The zero-order chi connectivity index (χ0) is 15.2. The third-order valence-corrected chi connectivity index (χ3v) is 4.38. The van der Waals surface area contributed by atoms with Crippen LogP contribution in [0.1, 0.15) is 35.5 Å². The number of aryl methyl sites for hydroxylation is 1. The predicted octanol–water partition coefficient (Wildman–Crippen LogP) is 3.55. The van der Waals surface area contributed by atoms with Crippen LogP contribution in [-0.2, 0) is 6.54 Å². The zero-order valence-corrected chi connectivity index (χ0v) is 13.5. The molecule has 0 aliphatic heterocycles. The predicted molar refractivity (Wildman–Crippen MR) is 87.9 cm³/mol. The second-order valence-corrected chi connectivity index (χ2v) is 5.58. The van der Waals surface area contributed by atoms with Crippen molar-refractivity contribution in [1.29, 1.82) is 0 Å². The summed E-state index contributed by atoms with van der Waals surface area (Å²) in [6.07, 6.45) is 1.68. The molecule has 0 saturated heterocycles. The monoisotopic (exact) mass is 303 g/mol. The Balaban J connectivity index is 2.07. The molecule has 0 spiro atoms. The first-order valence-corrected chi connectivity index (χ1v) is 8.10. The Morgan fingerprint density at radius 3 is 2.71 bits per heavy atom. The van der Waals surface area contributed by atoms with Gasteiger partial charge in [-0.3, -0.25) is 9.78 Å². The van der Waals surface area contributed by atoms with Crippen molar-refractivity contribution < 1.29 is 4.79 Å². The van der Waals surface area contributed by atoms with Crippen LogP contribution in [0.2, 0.25) is 0 Å². The van der Waals surface area contributed by atoms with Crippen LogP contribution in [0.25, 0.3) is 0 Å². The van der Waals surface area contributed by atoms with Gasteiger partial charge in [0.05, 0.1) is 0 Å². The summed E-state index contributed by atoms with van der Waals surface area (Å²) in [5.74, 6) is -0.0182. The second kappa shape index (κ2) is 7.22. The van der Waals surface area contributed by atoms with Gasteiger partial charge in [-0.2, -0.15) is 11.3 Å². The molecule has 5 heteroatoms. The van der Waals surface area contributed by atoms with E-state index in [1.54, 1.807) is 22.4 Å². The maximum atomic E-state index is 12.3. The SMILES string of the molecule is CCN(CC)C(=O)c1cc(NCc2cscc2C)ccn1. The minimum absolute atomic E-state index is 0.0182. The van der Waals surface area contributed by atoms with Crippen molar-refractivity contribution in [3.05, 3.63) is 45.9 Å². The quantitative estimate of drug-likeness (QED) is 0.887. The molecule has 112 valence electrons. The van der Waals surface area contributed by atoms with E-state index in [4.69, 9.17) is 0 Å². The normalized spacial score (nSPS) is 10.4. The van der Waals surface area contributed by atoms with Crippen molar-refractivity contribution in [2.24, 2.45) is 0 Å². The Morgan fingerprint density at radius 2 is 2.10 bits per heavy atom. The second-order valence-electron chi connectivity index (χ2n) is 4.84. The lowest BCUT2D eigenvalue weighted by Crippen LogP contribution is -2.31. The number of nitrogens with one attached hydrogen (secondary N) is 1. The lowest BCUT2D eigenvalue weighted by Gasteiger charge is -2.18. The minimum atomic E-state index is -0.0182. The van der Waals surface area contributed by atoms with Gasteiger partial charge in [0.2, 0.25) is 0 Å². The maximum absolute atomic E-state index is 12.3. The van der Waals surface area contributed by atoms with E-state index < -0.39 is 0 Å². The first-order valence-electron chi connectivity index (χ1n) is 7.16. The molecule has 2 aromatic rings. The summed E-state index contributed by atoms with van der Waals surface area (Å²) in [5, 5.41) is 7.64. The number of thiophene rings is 1. The van der Waals surface area contributed by atoms with E-state index in [0.29, 0.717) is 18.8 Å². The van der Waals surface area contributed by atoms with Crippen LogP contribution in [-0.4, -0.2) is 28.9 Å². The van der Waals surface area contributed by atoms with E-state index in [9.17, 15) is 4.79 Å². The summed E-state index contributed by atoms with van der Waals surface area (Å²) in [7, 11) is 0. The van der Waals surface area contributed by atoms with Gasteiger partial charge in [-0.05, 0) is 54.8 Å². The highest BCUT2D eigenvalue weighted by molar-refractivity contribution is 7.08. The largest absolute Gasteiger partial charge is 0.381 e. The van der Waals surface area contributed by atoms with E-state index in [2.05, 4.69) is 28.0 Å². The molecule has 2 heterocycles. The topological polar surface area (TPSA) is 45.2 Å². The number of hydrogen-bond acceptors (Lipinski definition) is 4. The number of pyridine rings is 1. The van der Waals surface area contributed by atoms with Crippen molar-refractivity contribution in [1.82, 2.24) is 9.88 Å². The van der Waals surface area contributed by atoms with Crippen LogP contribution < -0.4 is 5.32 Å². The van der Waals surface area contributed by atoms with Gasteiger partial charge in [0.25, 0.3) is 5.91 Å². The molecule has 0 aliphatic carbocycles. The smallest absolute Gasteiger partial charge is 0.272 e. The third-order valence-electron chi connectivity index (χ3n) is 3.47. The fourth-order valence-corrected chi connectivity index (χ4v) is 2.95. The molecule has 2 aromatic heterocycles. The molecule has 0 unspecified atom stereocenters. The summed E-state index contributed by atoms with van der Waals surface area (Å²) in [6, 6.07) is 3.71. The highest BCUT2D eigenvalue weighted by atomic mass is 32.1. The molecular formula is C16H21N3OS. The summed E-state index contributed by atoms with van der Waals surface area (Å²) < 4.78 is 0. The Hall–Kier alpha value is -1.88. The van der Waals surface area contributed by atoms with Gasteiger partial charge in [0, 0.05) is 31.5 Å². The number of anilines is 1. The Kier molecular flexibility index (Phi) is 5.33. The zero-order valence-electron chi connectivity index (χ0n) is 12.7. The molecule has 0 aromatic carbocycles. The summed E-state index contributed by atoms with van der Waals surface area (Å²) in [5.41, 5.74) is 3.99. The molecule has 1 amide bonds. The number of nitrogens with zero attached hydrogens (tertiary/aromatic N) is 2. The fraction of sp³-hybridized carbons (Fsp3) is 0.375. The van der Waals surface area contributed by atoms with Gasteiger partial charge in [-0.1, -0.05) is 0 Å². The van der Waals surface area contributed by atoms with Crippen molar-refractivity contribution >= 4 is 22.9 Å². The van der Waals surface area contributed by atoms with E-state index >= 15 is 0 Å². The summed E-state index contributed by atoms with van der Waals surface area (Å²) in [4.78, 5) is 18.2. The first-order chi connectivity index (χ1) is 10.2. The van der Waals surface area contributed by atoms with Gasteiger partial charge in [0.15, 0.2) is 0 Å². The number of rotatable bonds is 6. The lowest BCUT2D eigenvalue weighted by molar-refractivity contribution is 0.0767. The summed E-state index contributed by atoms with van der Waals surface area (Å²) >= 11 is 1.71. The van der Waals surface area contributed by atoms with Crippen LogP contribution in [0.5, 0.6) is 0 Å². The molecule has 0 bridgehead atoms. The molecule has 0 fully saturated rings. The third kappa shape index (κ3) is 3.82. The molecule has 4 nitrogen and oxygen atoms in total. The average Bonchev–Trinajstić information content (AvgIpc) is 2.92. The van der Waals surface area contributed by atoms with E-state index in [-0.39, 0.29) is 5.91 Å². The molecule has 2 rings (SSSR count). The van der Waals surface area contributed by atoms with E-state index in [1.807, 2.05) is 26.0 Å². The molecule has 0 saturated carbocycles. The van der Waals surface area contributed by atoms with Crippen molar-refractivity contribution in [2.45, 2.75) is 27.3 Å². The van der Waals surface area contributed by atoms with Crippen LogP contribution in [0.4, 0.5) is 5.69 Å². The van der Waals surface area contributed by atoms with Gasteiger partial charge in [0.1, 0.15) is 5.69 Å². The fourth-order valence-electron chi connectivity index (χ4n) is 2.10. The maximum Gasteiger partial charge on any atom is 0.272 e. The standard InChI is InChI=1S/C16H21N3OS/c1-4-19(5-2)16(20)15-8-14(6-7-17-15)18-9-13-11-21-10-12(13)3/h6-8,10-11H,4-5,9H2,1-3H3,(H,17,18). The van der Waals surface area contributed by atoms with Crippen molar-refractivity contribution in [3.63, 3.8) is 0 Å². The van der Waals surface area contributed by atoms with Crippen LogP contribution >= 0.6 is 11.3 Å². The number of hydrogen-bond donors (Lipinski definition) is 1. The number of carbonyl (C=O) groups excluding carboxylic acids is 1. The van der Waals surface area contributed by atoms with Crippen molar-refractivity contribution in [3.8, 4) is 0 Å². The van der Waals surface area contributed by atoms with E-state index in [1.165, 1.54) is 11.1 Å². The molecule has 1 N–H and O–H groups in total. The first kappa shape index (κ1) is 15.5. The molecule has 21 heavy (non-hydrogen) atoms. The highest BCUT2D eigenvalue weighted by Gasteiger charge is 2.14. The molecule has 0 radical (unpaired) electrons. The average molecular weight is 303 g/mol. The van der Waals surface area contributed by atoms with E-state index in [0.717, 1.165) is 12.2 Å². The van der Waals surface area contributed by atoms with Gasteiger partial charge < -0.3 is 10.2 Å². The number of amides is 1.